The Bertz CT molecular complexity index is 964. The van der Waals surface area contributed by atoms with Crippen molar-refractivity contribution in [2.24, 2.45) is 0 Å². The highest BCUT2D eigenvalue weighted by molar-refractivity contribution is 5.97. The number of ether oxygens (including phenoxy) is 2. The minimum Gasteiger partial charge on any atom is -0.496 e. The highest BCUT2D eigenvalue weighted by atomic mass is 16.5. The van der Waals surface area contributed by atoms with Crippen LogP contribution in [0.25, 0.3) is 5.57 Å². The van der Waals surface area contributed by atoms with E-state index in [0.717, 1.165) is 54.1 Å². The maximum Gasteiger partial charge on any atom is 0.255 e. The maximum absolute atomic E-state index is 12.8. The second-order valence-electron chi connectivity index (χ2n) is 7.99. The Morgan fingerprint density at radius 1 is 1.16 bits per heavy atom. The first-order chi connectivity index (χ1) is 15.1. The van der Waals surface area contributed by atoms with E-state index in [9.17, 15) is 4.79 Å². The fourth-order valence-electron chi connectivity index (χ4n) is 4.43. The molecule has 1 aromatic rings. The predicted octanol–water partition coefficient (Wildman–Crippen LogP) is 3.39. The van der Waals surface area contributed by atoms with Gasteiger partial charge >= 0.3 is 0 Å². The van der Waals surface area contributed by atoms with Crippen LogP contribution in [0.2, 0.25) is 0 Å². The normalized spacial score (nSPS) is 19.1. The summed E-state index contributed by atoms with van der Waals surface area (Å²) >= 11 is 0. The molecule has 1 saturated heterocycles. The molecule has 1 aromatic carbocycles. The lowest BCUT2D eigenvalue weighted by Gasteiger charge is -2.40. The van der Waals surface area contributed by atoms with Gasteiger partial charge in [0, 0.05) is 38.3 Å². The number of carbonyl (C=O) groups excluding carboxylic acids is 1. The number of hydrogen-bond donors (Lipinski definition) is 2. The van der Waals surface area contributed by atoms with E-state index < -0.39 is 0 Å². The molecule has 0 radical (unpaired) electrons. The zero-order valence-electron chi connectivity index (χ0n) is 18.5. The van der Waals surface area contributed by atoms with Gasteiger partial charge < -0.3 is 25.0 Å². The van der Waals surface area contributed by atoms with Crippen LogP contribution in [0.4, 0.5) is 0 Å². The minimum atomic E-state index is -0.339. The van der Waals surface area contributed by atoms with Gasteiger partial charge in [-0.05, 0) is 62.4 Å². The Labute approximate surface area is 184 Å². The van der Waals surface area contributed by atoms with Crippen molar-refractivity contribution in [2.45, 2.75) is 32.3 Å². The van der Waals surface area contributed by atoms with Crippen molar-refractivity contribution in [1.29, 1.82) is 0 Å². The Kier molecular flexibility index (Phi) is 6.18. The summed E-state index contributed by atoms with van der Waals surface area (Å²) in [6.45, 7) is 7.19. The van der Waals surface area contributed by atoms with Gasteiger partial charge in [0.05, 0.1) is 18.2 Å². The molecule has 0 unspecified atom stereocenters. The number of hydrogen-bond acceptors (Lipinski definition) is 5. The number of fused-ring (bicyclic) bond motifs is 1. The zero-order valence-corrected chi connectivity index (χ0v) is 18.5. The number of methoxy groups -OCH3 is 1. The molecule has 1 fully saturated rings. The monoisotopic (exact) mass is 421 g/mol. The maximum atomic E-state index is 12.8. The van der Waals surface area contributed by atoms with E-state index in [4.69, 9.17) is 9.47 Å². The lowest BCUT2D eigenvalue weighted by Crippen LogP contribution is -2.46. The van der Waals surface area contributed by atoms with Crippen molar-refractivity contribution in [3.8, 4) is 11.5 Å². The molecule has 164 valence electrons. The Morgan fingerprint density at radius 3 is 2.65 bits per heavy atom. The molecule has 3 aliphatic rings. The summed E-state index contributed by atoms with van der Waals surface area (Å²) < 4.78 is 12.2. The van der Waals surface area contributed by atoms with E-state index in [1.54, 1.807) is 13.3 Å². The van der Waals surface area contributed by atoms with Gasteiger partial charge in [-0.3, -0.25) is 4.79 Å². The molecule has 0 bridgehead atoms. The third-order valence-corrected chi connectivity index (χ3v) is 6.18. The van der Waals surface area contributed by atoms with Crippen molar-refractivity contribution in [3.63, 3.8) is 0 Å². The van der Waals surface area contributed by atoms with E-state index in [0.29, 0.717) is 18.7 Å². The van der Waals surface area contributed by atoms with Crippen LogP contribution in [-0.4, -0.2) is 49.7 Å². The Morgan fingerprint density at radius 2 is 1.94 bits per heavy atom. The SMILES string of the molecule is CCN(CC)C(=O)C1=CNC=C(C2=CC3(CCNCC3)Oc3cccc(OC)c32)C=C1. The summed E-state index contributed by atoms with van der Waals surface area (Å²) in [7, 11) is 1.68. The lowest BCUT2D eigenvalue weighted by atomic mass is 9.83. The number of rotatable bonds is 5. The molecule has 31 heavy (non-hydrogen) atoms. The van der Waals surface area contributed by atoms with E-state index in [1.807, 2.05) is 55.3 Å². The largest absolute Gasteiger partial charge is 0.496 e. The fourth-order valence-corrected chi connectivity index (χ4v) is 4.43. The number of nitrogens with zero attached hydrogens (tertiary/aromatic N) is 1. The van der Waals surface area contributed by atoms with Crippen LogP contribution in [-0.2, 0) is 4.79 Å². The molecule has 1 spiro atoms. The predicted molar refractivity (Wildman–Crippen MR) is 123 cm³/mol. The summed E-state index contributed by atoms with van der Waals surface area (Å²) in [6, 6.07) is 5.93. The smallest absolute Gasteiger partial charge is 0.255 e. The summed E-state index contributed by atoms with van der Waals surface area (Å²) in [4.78, 5) is 14.6. The fraction of sp³-hybridized carbons (Fsp3) is 0.400. The van der Waals surface area contributed by atoms with E-state index in [2.05, 4.69) is 16.7 Å². The average Bonchev–Trinajstić information content (AvgIpc) is 3.05. The Hall–Kier alpha value is -2.99. The molecule has 0 saturated carbocycles. The van der Waals surface area contributed by atoms with Crippen molar-refractivity contribution < 1.29 is 14.3 Å². The second-order valence-corrected chi connectivity index (χ2v) is 7.99. The quantitative estimate of drug-likeness (QED) is 0.763. The standard InChI is InChI=1S/C25H31N3O3/c1-4-28(5-2)24(29)19-10-9-18(16-27-17-19)20-15-25(11-13-26-14-12-25)31-22-8-6-7-21(30-3)23(20)22/h6-10,15-17,26-27H,4-5,11-14H2,1-3H3. The third kappa shape index (κ3) is 4.12. The van der Waals surface area contributed by atoms with Gasteiger partial charge in [-0.25, -0.2) is 0 Å². The van der Waals surface area contributed by atoms with Crippen molar-refractivity contribution in [2.75, 3.05) is 33.3 Å². The van der Waals surface area contributed by atoms with Gasteiger partial charge in [0.25, 0.3) is 5.91 Å². The molecule has 6 nitrogen and oxygen atoms in total. The summed E-state index contributed by atoms with van der Waals surface area (Å²) in [5.74, 6) is 1.64. The highest BCUT2D eigenvalue weighted by Crippen LogP contribution is 2.46. The van der Waals surface area contributed by atoms with Crippen LogP contribution < -0.4 is 20.1 Å². The summed E-state index contributed by atoms with van der Waals surface area (Å²) in [6.07, 6.45) is 11.7. The van der Waals surface area contributed by atoms with E-state index in [-0.39, 0.29) is 11.5 Å². The first-order valence-electron chi connectivity index (χ1n) is 11.0. The highest BCUT2D eigenvalue weighted by Gasteiger charge is 2.38. The number of carbonyl (C=O) groups is 1. The first kappa shape index (κ1) is 21.2. The number of piperidine rings is 1. The molecule has 0 atom stereocenters. The third-order valence-electron chi connectivity index (χ3n) is 6.18. The minimum absolute atomic E-state index is 0.0252. The number of likely N-dealkylation sites (N-methyl/N-ethyl adjacent to an activating group) is 1. The van der Waals surface area contributed by atoms with Crippen molar-refractivity contribution >= 4 is 11.5 Å². The van der Waals surface area contributed by atoms with E-state index in [1.165, 1.54) is 0 Å². The summed E-state index contributed by atoms with van der Waals surface area (Å²) in [5.41, 5.74) is 3.30. The number of allylic oxidation sites excluding steroid dienone is 3. The molecular formula is C25H31N3O3. The van der Waals surface area contributed by atoms with Crippen LogP contribution in [0.3, 0.4) is 0 Å². The van der Waals surface area contributed by atoms with Crippen LogP contribution in [0.5, 0.6) is 11.5 Å². The van der Waals surface area contributed by atoms with Gasteiger partial charge in [0.1, 0.15) is 17.1 Å². The van der Waals surface area contributed by atoms with Crippen LogP contribution in [0.15, 0.2) is 60.0 Å². The molecule has 3 aliphatic heterocycles. The molecular weight excluding hydrogens is 390 g/mol. The topological polar surface area (TPSA) is 62.8 Å². The molecule has 1 amide bonds. The van der Waals surface area contributed by atoms with Gasteiger partial charge in [-0.2, -0.15) is 0 Å². The molecule has 0 aromatic heterocycles. The molecule has 0 aliphatic carbocycles. The van der Waals surface area contributed by atoms with Crippen molar-refractivity contribution in [1.82, 2.24) is 15.5 Å². The molecule has 3 heterocycles. The molecule has 2 N–H and O–H groups in total. The second kappa shape index (κ2) is 9.02. The molecule has 4 rings (SSSR count). The number of amides is 1. The molecule has 6 heteroatoms. The van der Waals surface area contributed by atoms with Gasteiger partial charge in [-0.1, -0.05) is 12.1 Å². The van der Waals surface area contributed by atoms with Crippen LogP contribution in [0, 0.1) is 0 Å². The summed E-state index contributed by atoms with van der Waals surface area (Å²) in [5, 5.41) is 6.64. The van der Waals surface area contributed by atoms with Crippen LogP contribution in [0.1, 0.15) is 32.3 Å². The number of benzene rings is 1. The zero-order chi connectivity index (χ0) is 21.8. The average molecular weight is 422 g/mol. The van der Waals surface area contributed by atoms with Crippen LogP contribution >= 0.6 is 0 Å². The van der Waals surface area contributed by atoms with E-state index >= 15 is 0 Å². The lowest BCUT2D eigenvalue weighted by molar-refractivity contribution is -0.126. The van der Waals surface area contributed by atoms with Crippen molar-refractivity contribution in [3.05, 3.63) is 65.5 Å². The number of nitrogens with one attached hydrogen (secondary N) is 2. The first-order valence-corrected chi connectivity index (χ1v) is 11.0. The van der Waals surface area contributed by atoms with Gasteiger partial charge in [-0.15, -0.1) is 0 Å². The van der Waals surface area contributed by atoms with Gasteiger partial charge in [0.2, 0.25) is 0 Å². The Balaban J connectivity index is 1.73. The van der Waals surface area contributed by atoms with Gasteiger partial charge in [0.15, 0.2) is 0 Å².